The lowest BCUT2D eigenvalue weighted by molar-refractivity contribution is -0.154. The molecule has 2 unspecified atom stereocenters. The lowest BCUT2D eigenvalue weighted by atomic mass is 10.1. The molecule has 47 heavy (non-hydrogen) atoms. The van der Waals surface area contributed by atoms with Crippen LogP contribution < -0.4 is 5.73 Å². The molecule has 0 spiro atoms. The van der Waals surface area contributed by atoms with Crippen molar-refractivity contribution in [3.63, 3.8) is 0 Å². The highest BCUT2D eigenvalue weighted by molar-refractivity contribution is 7.47. The molecule has 0 bridgehead atoms. The summed E-state index contributed by atoms with van der Waals surface area (Å²) in [6, 6.07) is 0. The number of hydrogen-bond acceptors (Lipinski definition) is 7. The Morgan fingerprint density at radius 1 is 0.638 bits per heavy atom. The molecule has 0 rings (SSSR count). The molecule has 0 aromatic carbocycles. The summed E-state index contributed by atoms with van der Waals surface area (Å²) in [6.45, 7) is 4.81. The van der Waals surface area contributed by atoms with E-state index in [-0.39, 0.29) is 32.3 Å². The fourth-order valence-corrected chi connectivity index (χ4v) is 5.73. The zero-order chi connectivity index (χ0) is 34.5. The standard InChI is InChI=1S/C38H72NO7P/c1-3-5-7-9-11-13-15-17-18-20-22-24-26-28-30-33-43-35-37(36-45-47(41,42)44-34-32-39)46-38(40)31-29-27-25-23-21-19-16-14-12-10-8-6-4-2/h8,10,14-17,37H,3-7,9,11-13,18-36,39H2,1-2H3,(H,41,42)/b10-8-,16-14-,17-15-. The van der Waals surface area contributed by atoms with Gasteiger partial charge in [0.15, 0.2) is 0 Å². The second-order valence-corrected chi connectivity index (χ2v) is 13.9. The maximum absolute atomic E-state index is 12.5. The van der Waals surface area contributed by atoms with Crippen LogP contribution in [0.25, 0.3) is 0 Å². The van der Waals surface area contributed by atoms with Crippen LogP contribution in [-0.2, 0) is 27.9 Å². The SMILES string of the molecule is CCC/C=C\C/C=C\CCCCCCCC(=O)OC(COCCCCCCCC/C=C\CCCCCCC)COP(=O)(O)OCCN. The van der Waals surface area contributed by atoms with Crippen LogP contribution in [-0.4, -0.2) is 49.9 Å². The van der Waals surface area contributed by atoms with Crippen LogP contribution in [0.2, 0.25) is 0 Å². The molecule has 0 aromatic heterocycles. The second kappa shape index (κ2) is 36.0. The van der Waals surface area contributed by atoms with Crippen LogP contribution in [0.15, 0.2) is 36.5 Å². The number of unbranched alkanes of at least 4 members (excludes halogenated alkanes) is 17. The van der Waals surface area contributed by atoms with Crippen molar-refractivity contribution in [1.29, 1.82) is 0 Å². The van der Waals surface area contributed by atoms with E-state index in [0.717, 1.165) is 64.2 Å². The summed E-state index contributed by atoms with van der Waals surface area (Å²) >= 11 is 0. The third kappa shape index (κ3) is 35.8. The van der Waals surface area contributed by atoms with Crippen LogP contribution in [0.4, 0.5) is 0 Å². The van der Waals surface area contributed by atoms with E-state index in [9.17, 15) is 14.3 Å². The van der Waals surface area contributed by atoms with Gasteiger partial charge in [-0.2, -0.15) is 0 Å². The van der Waals surface area contributed by atoms with Gasteiger partial charge in [0.2, 0.25) is 0 Å². The number of carbonyl (C=O) groups is 1. The average molecular weight is 686 g/mol. The van der Waals surface area contributed by atoms with E-state index >= 15 is 0 Å². The Morgan fingerprint density at radius 2 is 1.17 bits per heavy atom. The van der Waals surface area contributed by atoms with Crippen molar-refractivity contribution in [1.82, 2.24) is 0 Å². The number of phosphoric ester groups is 1. The first kappa shape index (κ1) is 45.7. The van der Waals surface area contributed by atoms with Gasteiger partial charge in [0, 0.05) is 19.6 Å². The first-order valence-corrected chi connectivity index (χ1v) is 20.5. The molecular weight excluding hydrogens is 613 g/mol. The van der Waals surface area contributed by atoms with E-state index in [1.807, 2.05) is 0 Å². The molecule has 3 N–H and O–H groups in total. The van der Waals surface area contributed by atoms with E-state index in [0.29, 0.717) is 13.0 Å². The molecule has 0 aliphatic carbocycles. The van der Waals surface area contributed by atoms with Crippen molar-refractivity contribution >= 4 is 13.8 Å². The molecule has 0 aliphatic heterocycles. The highest BCUT2D eigenvalue weighted by Gasteiger charge is 2.25. The van der Waals surface area contributed by atoms with Crippen molar-refractivity contribution in [3.8, 4) is 0 Å². The average Bonchev–Trinajstić information content (AvgIpc) is 3.06. The van der Waals surface area contributed by atoms with Gasteiger partial charge in [-0.25, -0.2) is 4.57 Å². The summed E-state index contributed by atoms with van der Waals surface area (Å²) in [5.41, 5.74) is 5.35. The number of hydrogen-bond donors (Lipinski definition) is 2. The molecule has 0 saturated carbocycles. The number of nitrogens with two attached hydrogens (primary N) is 1. The van der Waals surface area contributed by atoms with Gasteiger partial charge in [-0.15, -0.1) is 0 Å². The Kier molecular flexibility index (Phi) is 35.0. The van der Waals surface area contributed by atoms with E-state index in [1.165, 1.54) is 77.0 Å². The minimum atomic E-state index is -4.27. The van der Waals surface area contributed by atoms with Gasteiger partial charge in [-0.05, 0) is 64.2 Å². The van der Waals surface area contributed by atoms with Gasteiger partial charge in [-0.3, -0.25) is 13.8 Å². The zero-order valence-electron chi connectivity index (χ0n) is 30.3. The Labute approximate surface area is 288 Å². The normalized spacial score (nSPS) is 14.0. The summed E-state index contributed by atoms with van der Waals surface area (Å²) in [7, 11) is -4.27. The molecule has 0 radical (unpaired) electrons. The number of ether oxygens (including phenoxy) is 2. The lowest BCUT2D eigenvalue weighted by Gasteiger charge is -2.20. The smallest absolute Gasteiger partial charge is 0.457 e. The fourth-order valence-electron chi connectivity index (χ4n) is 4.97. The number of rotatable bonds is 36. The Hall–Kier alpha value is -1.28. The molecule has 0 amide bonds. The minimum absolute atomic E-state index is 0.0964. The molecule has 0 aliphatic rings. The van der Waals surface area contributed by atoms with Crippen LogP contribution in [0.1, 0.15) is 162 Å². The Balaban J connectivity index is 4.12. The van der Waals surface area contributed by atoms with Gasteiger partial charge < -0.3 is 20.1 Å². The van der Waals surface area contributed by atoms with Crippen molar-refractivity contribution in [2.75, 3.05) is 33.0 Å². The third-order valence-corrected chi connectivity index (χ3v) is 8.74. The van der Waals surface area contributed by atoms with Crippen molar-refractivity contribution in [3.05, 3.63) is 36.5 Å². The summed E-state index contributed by atoms with van der Waals surface area (Å²) in [4.78, 5) is 22.4. The van der Waals surface area contributed by atoms with E-state index in [1.54, 1.807) is 0 Å². The molecule has 8 nitrogen and oxygen atoms in total. The first-order valence-electron chi connectivity index (χ1n) is 19.0. The number of esters is 1. The summed E-state index contributed by atoms with van der Waals surface area (Å²) in [5, 5.41) is 0. The van der Waals surface area contributed by atoms with E-state index in [4.69, 9.17) is 24.3 Å². The number of phosphoric acid groups is 1. The van der Waals surface area contributed by atoms with Crippen molar-refractivity contribution in [2.24, 2.45) is 5.73 Å². The predicted molar refractivity (Wildman–Crippen MR) is 196 cm³/mol. The van der Waals surface area contributed by atoms with Gasteiger partial charge in [-0.1, -0.05) is 127 Å². The quantitative estimate of drug-likeness (QED) is 0.0290. The summed E-state index contributed by atoms with van der Waals surface area (Å²) in [5.74, 6) is -0.348. The summed E-state index contributed by atoms with van der Waals surface area (Å²) in [6.07, 6.45) is 38.7. The van der Waals surface area contributed by atoms with Gasteiger partial charge in [0.05, 0.1) is 19.8 Å². The van der Waals surface area contributed by atoms with E-state index < -0.39 is 13.9 Å². The molecule has 2 atom stereocenters. The molecular formula is C38H72NO7P. The molecule has 0 heterocycles. The van der Waals surface area contributed by atoms with Crippen molar-refractivity contribution < 1.29 is 32.8 Å². The first-order chi connectivity index (χ1) is 22.9. The van der Waals surface area contributed by atoms with Crippen LogP contribution >= 0.6 is 7.82 Å². The highest BCUT2D eigenvalue weighted by Crippen LogP contribution is 2.43. The van der Waals surface area contributed by atoms with Crippen LogP contribution in [0.5, 0.6) is 0 Å². The molecule has 0 fully saturated rings. The fraction of sp³-hybridized carbons (Fsp3) is 0.816. The molecule has 276 valence electrons. The highest BCUT2D eigenvalue weighted by atomic mass is 31.2. The molecule has 0 saturated heterocycles. The maximum Gasteiger partial charge on any atom is 0.472 e. The van der Waals surface area contributed by atoms with Gasteiger partial charge >= 0.3 is 13.8 Å². The predicted octanol–water partition coefficient (Wildman–Crippen LogP) is 10.7. The largest absolute Gasteiger partial charge is 0.472 e. The van der Waals surface area contributed by atoms with Gasteiger partial charge in [0.1, 0.15) is 6.10 Å². The van der Waals surface area contributed by atoms with Crippen LogP contribution in [0, 0.1) is 0 Å². The van der Waals surface area contributed by atoms with Crippen LogP contribution in [0.3, 0.4) is 0 Å². The molecule has 0 aromatic rings. The van der Waals surface area contributed by atoms with Gasteiger partial charge in [0.25, 0.3) is 0 Å². The Morgan fingerprint density at radius 3 is 1.77 bits per heavy atom. The number of allylic oxidation sites excluding steroid dienone is 6. The number of carbonyl (C=O) groups excluding carboxylic acids is 1. The zero-order valence-corrected chi connectivity index (χ0v) is 31.2. The minimum Gasteiger partial charge on any atom is -0.457 e. The maximum atomic E-state index is 12.5. The third-order valence-electron chi connectivity index (χ3n) is 7.76. The Bertz CT molecular complexity index is 818. The molecule has 9 heteroatoms. The lowest BCUT2D eigenvalue weighted by Crippen LogP contribution is -2.28. The van der Waals surface area contributed by atoms with Crippen molar-refractivity contribution in [2.45, 2.75) is 168 Å². The monoisotopic (exact) mass is 686 g/mol. The summed E-state index contributed by atoms with van der Waals surface area (Å²) < 4.78 is 33.3. The second-order valence-electron chi connectivity index (χ2n) is 12.4. The topological polar surface area (TPSA) is 117 Å². The van der Waals surface area contributed by atoms with E-state index in [2.05, 4.69) is 50.3 Å².